The van der Waals surface area contributed by atoms with Gasteiger partial charge in [0.05, 0.1) is 0 Å². The molecule has 0 saturated carbocycles. The van der Waals surface area contributed by atoms with Crippen molar-refractivity contribution in [1.82, 2.24) is 9.88 Å². The summed E-state index contributed by atoms with van der Waals surface area (Å²) in [6.07, 6.45) is 8.33. The third-order valence-corrected chi connectivity index (χ3v) is 6.25. The molecule has 6 heteroatoms. The van der Waals surface area contributed by atoms with Gasteiger partial charge in [-0.05, 0) is 73.5 Å². The number of pyridine rings is 1. The van der Waals surface area contributed by atoms with Crippen molar-refractivity contribution in [2.75, 3.05) is 31.2 Å². The van der Waals surface area contributed by atoms with Crippen LogP contribution in [-0.4, -0.2) is 48.0 Å². The number of carbonyl (C=O) groups is 1. The Bertz CT molecular complexity index is 791. The molecule has 1 amide bonds. The summed E-state index contributed by atoms with van der Waals surface area (Å²) in [6.45, 7) is 3.14. The number of nitrogens with zero attached hydrogens (tertiary/aromatic N) is 2. The van der Waals surface area contributed by atoms with Crippen LogP contribution in [0.1, 0.15) is 24.0 Å². The van der Waals surface area contributed by atoms with Gasteiger partial charge in [0.15, 0.2) is 0 Å². The van der Waals surface area contributed by atoms with E-state index in [9.17, 15) is 4.79 Å². The number of hydrogen-bond donors (Lipinski definition) is 1. The van der Waals surface area contributed by atoms with E-state index in [0.717, 1.165) is 55.7 Å². The third-order valence-electron chi connectivity index (χ3n) is 5.52. The van der Waals surface area contributed by atoms with E-state index in [4.69, 9.17) is 4.74 Å². The molecule has 0 aliphatic carbocycles. The molecule has 0 radical (unpaired) electrons. The van der Waals surface area contributed by atoms with Crippen LogP contribution >= 0.6 is 11.8 Å². The second-order valence-corrected chi connectivity index (χ2v) is 8.15. The zero-order valence-electron chi connectivity index (χ0n) is 15.6. The molecular weight excluding hydrogens is 358 g/mol. The number of benzene rings is 1. The molecule has 2 bridgehead atoms. The van der Waals surface area contributed by atoms with Crippen LogP contribution in [0.3, 0.4) is 0 Å². The van der Waals surface area contributed by atoms with Crippen molar-refractivity contribution in [1.29, 1.82) is 0 Å². The van der Waals surface area contributed by atoms with Gasteiger partial charge >= 0.3 is 6.09 Å². The monoisotopic (exact) mass is 383 g/mol. The van der Waals surface area contributed by atoms with E-state index in [1.54, 1.807) is 18.0 Å². The highest BCUT2D eigenvalue weighted by atomic mass is 32.2. The van der Waals surface area contributed by atoms with Gasteiger partial charge in [-0.25, -0.2) is 4.79 Å². The number of fused-ring (bicyclic) bond motifs is 3. The van der Waals surface area contributed by atoms with Crippen LogP contribution in [0.4, 0.5) is 10.5 Å². The molecule has 2 aromatic rings. The maximum Gasteiger partial charge on any atom is 0.411 e. The van der Waals surface area contributed by atoms with E-state index in [1.165, 1.54) is 4.90 Å². The molecular formula is C21H25N3O2S. The Labute approximate surface area is 164 Å². The number of thioether (sulfide) groups is 1. The number of piperidine rings is 3. The molecule has 1 aromatic heterocycles. The van der Waals surface area contributed by atoms with Crippen LogP contribution in [0.15, 0.2) is 47.6 Å². The number of aromatic nitrogens is 1. The average molecular weight is 384 g/mol. The predicted octanol–water partition coefficient (Wildman–Crippen LogP) is 4.04. The number of nitrogens with one attached hydrogen (secondary N) is 1. The van der Waals surface area contributed by atoms with E-state index in [-0.39, 0.29) is 12.2 Å². The van der Waals surface area contributed by atoms with E-state index in [1.807, 2.05) is 30.5 Å². The number of carbonyl (C=O) groups excluding carboxylic acids is 1. The number of amides is 1. The molecule has 3 saturated heterocycles. The quantitative estimate of drug-likeness (QED) is 0.790. The lowest BCUT2D eigenvalue weighted by Crippen LogP contribution is -2.52. The maximum atomic E-state index is 12.5. The van der Waals surface area contributed by atoms with Gasteiger partial charge in [-0.3, -0.25) is 15.2 Å². The molecule has 0 spiro atoms. The van der Waals surface area contributed by atoms with Crippen molar-refractivity contribution in [3.63, 3.8) is 0 Å². The van der Waals surface area contributed by atoms with Gasteiger partial charge in [0.1, 0.15) is 6.10 Å². The summed E-state index contributed by atoms with van der Waals surface area (Å²) in [4.78, 5) is 20.3. The van der Waals surface area contributed by atoms with Gasteiger partial charge in [-0.15, -0.1) is 11.8 Å². The van der Waals surface area contributed by atoms with Gasteiger partial charge in [0, 0.05) is 35.9 Å². The van der Waals surface area contributed by atoms with Crippen molar-refractivity contribution >= 4 is 23.5 Å². The summed E-state index contributed by atoms with van der Waals surface area (Å²) in [5.41, 5.74) is 2.99. The van der Waals surface area contributed by atoms with Crippen LogP contribution < -0.4 is 5.32 Å². The molecule has 5 nitrogen and oxygen atoms in total. The highest BCUT2D eigenvalue weighted by molar-refractivity contribution is 7.98. The van der Waals surface area contributed by atoms with Gasteiger partial charge in [0.2, 0.25) is 0 Å². The lowest BCUT2D eigenvalue weighted by molar-refractivity contribution is -0.0289. The first-order valence-electron chi connectivity index (χ1n) is 9.47. The lowest BCUT2D eigenvalue weighted by atomic mass is 9.86. The van der Waals surface area contributed by atoms with Crippen LogP contribution in [0.2, 0.25) is 0 Å². The molecule has 4 heterocycles. The van der Waals surface area contributed by atoms with Gasteiger partial charge < -0.3 is 4.74 Å². The molecule has 27 heavy (non-hydrogen) atoms. The zero-order chi connectivity index (χ0) is 18.6. The lowest BCUT2D eigenvalue weighted by Gasteiger charge is -2.43. The van der Waals surface area contributed by atoms with E-state index in [2.05, 4.69) is 27.5 Å². The Morgan fingerprint density at radius 1 is 1.33 bits per heavy atom. The minimum atomic E-state index is -0.349. The minimum absolute atomic E-state index is 0.0137. The molecule has 5 rings (SSSR count). The highest BCUT2D eigenvalue weighted by Gasteiger charge is 2.36. The Morgan fingerprint density at radius 2 is 2.19 bits per heavy atom. The fourth-order valence-corrected chi connectivity index (χ4v) is 4.47. The fourth-order valence-electron chi connectivity index (χ4n) is 4.01. The van der Waals surface area contributed by atoms with Crippen molar-refractivity contribution in [2.24, 2.45) is 5.92 Å². The number of hydrogen-bond acceptors (Lipinski definition) is 5. The largest absolute Gasteiger partial charge is 0.444 e. The number of rotatable bonds is 5. The maximum absolute atomic E-state index is 12.5. The van der Waals surface area contributed by atoms with Gasteiger partial charge in [0.25, 0.3) is 0 Å². The van der Waals surface area contributed by atoms with Crippen LogP contribution in [-0.2, 0) is 11.2 Å². The molecule has 1 N–H and O–H groups in total. The molecule has 3 aliphatic heterocycles. The summed E-state index contributed by atoms with van der Waals surface area (Å²) in [5, 5.41) is 2.98. The topological polar surface area (TPSA) is 54.5 Å². The van der Waals surface area contributed by atoms with Crippen LogP contribution in [0, 0.1) is 5.92 Å². The van der Waals surface area contributed by atoms with E-state index in [0.29, 0.717) is 5.92 Å². The van der Waals surface area contributed by atoms with Crippen molar-refractivity contribution < 1.29 is 9.53 Å². The summed E-state index contributed by atoms with van der Waals surface area (Å²) in [5.74, 6) is 0.509. The minimum Gasteiger partial charge on any atom is -0.444 e. The smallest absolute Gasteiger partial charge is 0.411 e. The summed E-state index contributed by atoms with van der Waals surface area (Å²) >= 11 is 1.69. The van der Waals surface area contributed by atoms with Gasteiger partial charge in [-0.1, -0.05) is 6.07 Å². The predicted molar refractivity (Wildman–Crippen MR) is 108 cm³/mol. The van der Waals surface area contributed by atoms with Crippen LogP contribution in [0.25, 0.3) is 0 Å². The van der Waals surface area contributed by atoms with Crippen LogP contribution in [0.5, 0.6) is 0 Å². The second kappa shape index (κ2) is 8.31. The Balaban J connectivity index is 1.46. The summed E-state index contributed by atoms with van der Waals surface area (Å²) < 4.78 is 5.78. The van der Waals surface area contributed by atoms with Gasteiger partial charge in [-0.2, -0.15) is 0 Å². The van der Waals surface area contributed by atoms with E-state index < -0.39 is 0 Å². The fraction of sp³-hybridized carbons (Fsp3) is 0.429. The van der Waals surface area contributed by atoms with E-state index >= 15 is 0 Å². The highest BCUT2D eigenvalue weighted by Crippen LogP contribution is 2.30. The van der Waals surface area contributed by atoms with Crippen molar-refractivity contribution in [3.8, 4) is 0 Å². The summed E-state index contributed by atoms with van der Waals surface area (Å²) in [6, 6.07) is 10.1. The average Bonchev–Trinajstić information content (AvgIpc) is 2.71. The second-order valence-electron chi connectivity index (χ2n) is 7.27. The number of anilines is 1. The first-order valence-corrected chi connectivity index (χ1v) is 10.7. The molecule has 1 unspecified atom stereocenters. The van der Waals surface area contributed by atoms with Crippen molar-refractivity contribution in [2.45, 2.75) is 30.3 Å². The Hall–Kier alpha value is -2.05. The Kier molecular flexibility index (Phi) is 5.64. The molecule has 1 atom stereocenters. The normalized spacial score (nSPS) is 23.8. The first-order chi connectivity index (χ1) is 13.2. The molecule has 142 valence electrons. The first kappa shape index (κ1) is 18.3. The molecule has 3 aliphatic rings. The van der Waals surface area contributed by atoms with Crippen molar-refractivity contribution in [3.05, 3.63) is 53.9 Å². The standard InChI is InChI=1S/C21H25N3O2S/c1-27-18-4-5-19(17(12-18)11-15-3-2-8-22-13-15)23-21(25)26-20-14-24-9-6-16(20)7-10-24/h2-5,8,12-13,16,20H,6-7,9-11,14H2,1H3,(H,23,25). The zero-order valence-corrected chi connectivity index (χ0v) is 16.4. The third kappa shape index (κ3) is 4.45. The SMILES string of the molecule is CSc1ccc(NC(=O)OC2CN3CCC2CC3)c(Cc2cccnc2)c1. The Morgan fingerprint density at radius 3 is 2.85 bits per heavy atom. The summed E-state index contributed by atoms with van der Waals surface area (Å²) in [7, 11) is 0. The number of ether oxygens (including phenoxy) is 1. The molecule has 1 aromatic carbocycles. The molecule has 3 fully saturated rings.